The normalized spacial score (nSPS) is 11.1. The molecular weight excluding hydrogens is 348 g/mol. The number of halogens is 1. The van der Waals surface area contributed by atoms with E-state index in [1.165, 1.54) is 0 Å². The minimum atomic E-state index is -1.02. The minimum absolute atomic E-state index is 0.340. The highest BCUT2D eigenvalue weighted by Gasteiger charge is 2.32. The molecule has 0 heterocycles. The van der Waals surface area contributed by atoms with Crippen LogP contribution in [0.1, 0.15) is 39.7 Å². The van der Waals surface area contributed by atoms with Crippen LogP contribution in [-0.4, -0.2) is 30.1 Å². The second-order valence-corrected chi connectivity index (χ2v) is 6.18. The Bertz CT molecular complexity index is 486. The van der Waals surface area contributed by atoms with E-state index < -0.39 is 5.60 Å². The summed E-state index contributed by atoms with van der Waals surface area (Å²) in [6, 6.07) is 5.69. The molecule has 1 rings (SSSR count). The summed E-state index contributed by atoms with van der Waals surface area (Å²) in [5.74, 6) is 1.15. The van der Waals surface area contributed by atoms with Gasteiger partial charge < -0.3 is 14.2 Å². The lowest BCUT2D eigenvalue weighted by Gasteiger charge is -2.25. The van der Waals surface area contributed by atoms with Crippen LogP contribution in [0.5, 0.6) is 11.5 Å². The molecule has 4 nitrogen and oxygen atoms in total. The first-order valence-corrected chi connectivity index (χ1v) is 8.74. The van der Waals surface area contributed by atoms with Crippen LogP contribution in [0.25, 0.3) is 0 Å². The molecule has 0 N–H and O–H groups in total. The van der Waals surface area contributed by atoms with E-state index in [9.17, 15) is 4.79 Å². The van der Waals surface area contributed by atoms with E-state index in [4.69, 9.17) is 14.2 Å². The summed E-state index contributed by atoms with van der Waals surface area (Å²) in [4.78, 5) is 12.0. The van der Waals surface area contributed by atoms with Gasteiger partial charge in [0.1, 0.15) is 11.5 Å². The van der Waals surface area contributed by atoms with Crippen LogP contribution in [-0.2, 0) is 16.0 Å². The smallest absolute Gasteiger partial charge is 0.349 e. The number of rotatable bonds is 9. The van der Waals surface area contributed by atoms with Crippen molar-refractivity contribution in [2.75, 3.05) is 18.5 Å². The Balaban J connectivity index is 2.95. The maximum Gasteiger partial charge on any atom is 0.349 e. The summed E-state index contributed by atoms with van der Waals surface area (Å²) in [7, 11) is 0. The zero-order valence-electron chi connectivity index (χ0n) is 13.8. The van der Waals surface area contributed by atoms with E-state index in [2.05, 4.69) is 22.9 Å². The largest absolute Gasteiger partial charge is 0.493 e. The summed E-state index contributed by atoms with van der Waals surface area (Å²) in [5, 5.41) is 0.782. The van der Waals surface area contributed by atoms with Crippen LogP contribution in [0.2, 0.25) is 0 Å². The Morgan fingerprint density at radius 1 is 1.27 bits per heavy atom. The molecule has 5 heteroatoms. The molecule has 124 valence electrons. The molecule has 0 aliphatic carbocycles. The third-order valence-corrected chi connectivity index (χ3v) is 3.35. The van der Waals surface area contributed by atoms with E-state index in [0.29, 0.717) is 19.0 Å². The first kappa shape index (κ1) is 18.8. The van der Waals surface area contributed by atoms with Crippen molar-refractivity contribution >= 4 is 21.9 Å². The van der Waals surface area contributed by atoms with Crippen molar-refractivity contribution < 1.29 is 19.0 Å². The molecule has 0 aliphatic heterocycles. The molecule has 0 radical (unpaired) electrons. The van der Waals surface area contributed by atoms with Crippen molar-refractivity contribution in [3.05, 3.63) is 23.8 Å². The Morgan fingerprint density at radius 3 is 2.59 bits per heavy atom. The Morgan fingerprint density at radius 2 is 2.00 bits per heavy atom. The van der Waals surface area contributed by atoms with Gasteiger partial charge in [-0.3, -0.25) is 0 Å². The SMILES string of the molecule is CCCc1cc(OCCBr)ccc1OC(C)(C)C(=O)OCC. The highest BCUT2D eigenvalue weighted by atomic mass is 79.9. The number of hydrogen-bond donors (Lipinski definition) is 0. The van der Waals surface area contributed by atoms with Crippen LogP contribution >= 0.6 is 15.9 Å². The lowest BCUT2D eigenvalue weighted by Crippen LogP contribution is -2.40. The molecule has 22 heavy (non-hydrogen) atoms. The van der Waals surface area contributed by atoms with Crippen LogP contribution < -0.4 is 9.47 Å². The number of ether oxygens (including phenoxy) is 3. The van der Waals surface area contributed by atoms with Gasteiger partial charge in [0.2, 0.25) is 0 Å². The zero-order chi connectivity index (χ0) is 16.6. The summed E-state index contributed by atoms with van der Waals surface area (Å²) in [6.07, 6.45) is 1.85. The topological polar surface area (TPSA) is 44.8 Å². The molecule has 0 unspecified atom stereocenters. The molecule has 0 aromatic heterocycles. The van der Waals surface area contributed by atoms with Gasteiger partial charge in [0.05, 0.1) is 13.2 Å². The first-order chi connectivity index (χ1) is 10.4. The van der Waals surface area contributed by atoms with E-state index in [-0.39, 0.29) is 5.97 Å². The van der Waals surface area contributed by atoms with Crippen LogP contribution in [0, 0.1) is 0 Å². The van der Waals surface area contributed by atoms with E-state index in [1.807, 2.05) is 18.2 Å². The Kier molecular flexibility index (Phi) is 7.73. The monoisotopic (exact) mass is 372 g/mol. The van der Waals surface area contributed by atoms with E-state index in [0.717, 1.165) is 29.5 Å². The molecule has 0 amide bonds. The summed E-state index contributed by atoms with van der Waals surface area (Å²) in [6.45, 7) is 8.28. The second-order valence-electron chi connectivity index (χ2n) is 5.39. The van der Waals surface area contributed by atoms with Gasteiger partial charge in [-0.25, -0.2) is 4.79 Å². The molecule has 0 fully saturated rings. The summed E-state index contributed by atoms with van der Waals surface area (Å²) in [5.41, 5.74) is 0.0171. The molecule has 0 atom stereocenters. The molecule has 0 saturated carbocycles. The summed E-state index contributed by atoms with van der Waals surface area (Å²) >= 11 is 3.34. The number of carbonyl (C=O) groups is 1. The standard InChI is InChI=1S/C17H25BrO4/c1-5-7-13-12-14(21-11-10-18)8-9-15(13)22-17(3,4)16(19)20-6-2/h8-9,12H,5-7,10-11H2,1-4H3. The average molecular weight is 373 g/mol. The highest BCUT2D eigenvalue weighted by molar-refractivity contribution is 9.09. The molecule has 0 bridgehead atoms. The van der Waals surface area contributed by atoms with Gasteiger partial charge in [-0.15, -0.1) is 0 Å². The third-order valence-electron chi connectivity index (χ3n) is 3.03. The van der Waals surface area contributed by atoms with Crippen molar-refractivity contribution in [1.29, 1.82) is 0 Å². The van der Waals surface area contributed by atoms with E-state index >= 15 is 0 Å². The molecule has 0 spiro atoms. The fourth-order valence-electron chi connectivity index (χ4n) is 1.99. The quantitative estimate of drug-likeness (QED) is 0.482. The first-order valence-electron chi connectivity index (χ1n) is 7.62. The number of alkyl halides is 1. The van der Waals surface area contributed by atoms with Gasteiger partial charge in [0.25, 0.3) is 0 Å². The number of aryl methyl sites for hydroxylation is 1. The molecule has 0 aliphatic rings. The molecule has 0 saturated heterocycles. The molecule has 1 aromatic carbocycles. The second kappa shape index (κ2) is 9.03. The van der Waals surface area contributed by atoms with Crippen LogP contribution in [0.3, 0.4) is 0 Å². The number of carbonyl (C=O) groups excluding carboxylic acids is 1. The highest BCUT2D eigenvalue weighted by Crippen LogP contribution is 2.29. The van der Waals surface area contributed by atoms with Gasteiger partial charge in [0.15, 0.2) is 5.60 Å². The molecule has 1 aromatic rings. The predicted octanol–water partition coefficient (Wildman–Crippen LogP) is 4.13. The number of hydrogen-bond acceptors (Lipinski definition) is 4. The number of esters is 1. The van der Waals surface area contributed by atoms with Gasteiger partial charge >= 0.3 is 5.97 Å². The van der Waals surface area contributed by atoms with Crippen LogP contribution in [0.4, 0.5) is 0 Å². The van der Waals surface area contributed by atoms with Gasteiger partial charge in [-0.2, -0.15) is 0 Å². The maximum atomic E-state index is 12.0. The lowest BCUT2D eigenvalue weighted by molar-refractivity contribution is -0.158. The van der Waals surface area contributed by atoms with Gasteiger partial charge in [0, 0.05) is 5.33 Å². The van der Waals surface area contributed by atoms with Crippen LogP contribution in [0.15, 0.2) is 18.2 Å². The van der Waals surface area contributed by atoms with Crippen molar-refractivity contribution in [1.82, 2.24) is 0 Å². The van der Waals surface area contributed by atoms with E-state index in [1.54, 1.807) is 20.8 Å². The Hall–Kier alpha value is -1.23. The average Bonchev–Trinajstić information content (AvgIpc) is 2.47. The maximum absolute atomic E-state index is 12.0. The number of benzene rings is 1. The molecular formula is C17H25BrO4. The summed E-state index contributed by atoms with van der Waals surface area (Å²) < 4.78 is 16.6. The van der Waals surface area contributed by atoms with Crippen molar-refractivity contribution in [2.45, 2.75) is 46.1 Å². The van der Waals surface area contributed by atoms with Gasteiger partial charge in [-0.1, -0.05) is 29.3 Å². The fourth-order valence-corrected chi connectivity index (χ4v) is 2.15. The zero-order valence-corrected chi connectivity index (χ0v) is 15.4. The van der Waals surface area contributed by atoms with Crippen molar-refractivity contribution in [3.8, 4) is 11.5 Å². The fraction of sp³-hybridized carbons (Fsp3) is 0.588. The third kappa shape index (κ3) is 5.52. The minimum Gasteiger partial charge on any atom is -0.493 e. The lowest BCUT2D eigenvalue weighted by atomic mass is 10.1. The predicted molar refractivity (Wildman–Crippen MR) is 91.1 cm³/mol. The van der Waals surface area contributed by atoms with Gasteiger partial charge in [-0.05, 0) is 51.0 Å². The Labute approximate surface area is 141 Å². The van der Waals surface area contributed by atoms with Crippen molar-refractivity contribution in [3.63, 3.8) is 0 Å². The van der Waals surface area contributed by atoms with Crippen molar-refractivity contribution in [2.24, 2.45) is 0 Å².